The van der Waals surface area contributed by atoms with Gasteiger partial charge in [0.2, 0.25) is 0 Å². The molecule has 0 bridgehead atoms. The molecule has 0 unspecified atom stereocenters. The smallest absolute Gasteiger partial charge is 0.141 e. The van der Waals surface area contributed by atoms with Crippen molar-refractivity contribution in [3.63, 3.8) is 0 Å². The highest BCUT2D eigenvalue weighted by molar-refractivity contribution is 5.81. The quantitative estimate of drug-likeness (QED) is 0.559. The Kier molecular flexibility index (Phi) is 3.59. The molecule has 0 fully saturated rings. The van der Waals surface area contributed by atoms with Crippen LogP contribution in [-0.4, -0.2) is 9.55 Å². The zero-order valence-corrected chi connectivity index (χ0v) is 15.0. The summed E-state index contributed by atoms with van der Waals surface area (Å²) < 4.78 is 2.35. The summed E-state index contributed by atoms with van der Waals surface area (Å²) in [6.07, 6.45) is 0. The largest absolute Gasteiger partial charge is 0.319 e. The van der Waals surface area contributed by atoms with Gasteiger partial charge in [0.15, 0.2) is 0 Å². The number of aromatic nitrogens is 2. The summed E-state index contributed by atoms with van der Waals surface area (Å²) in [5.74, 6) is 1.05. The second kappa shape index (κ2) is 5.23. The van der Waals surface area contributed by atoms with Gasteiger partial charge in [-0.1, -0.05) is 51.1 Å². The van der Waals surface area contributed by atoms with Crippen LogP contribution in [0.1, 0.15) is 47.1 Å². The number of nitrogens with zero attached hydrogens (tertiary/aromatic N) is 2. The van der Waals surface area contributed by atoms with Gasteiger partial charge in [0, 0.05) is 11.1 Å². The van der Waals surface area contributed by atoms with Crippen LogP contribution in [0.3, 0.4) is 0 Å². The number of hydrogen-bond donors (Lipinski definition) is 0. The van der Waals surface area contributed by atoms with Gasteiger partial charge in [0.1, 0.15) is 5.82 Å². The lowest BCUT2D eigenvalue weighted by Crippen LogP contribution is -2.22. The Morgan fingerprint density at radius 3 is 2.17 bits per heavy atom. The second-order valence-electron chi connectivity index (χ2n) is 8.26. The van der Waals surface area contributed by atoms with Crippen LogP contribution < -0.4 is 0 Å². The molecule has 2 nitrogen and oxygen atoms in total. The molecule has 0 saturated carbocycles. The van der Waals surface area contributed by atoms with E-state index in [1.807, 2.05) is 0 Å². The summed E-state index contributed by atoms with van der Waals surface area (Å²) in [6, 6.07) is 17.2. The molecule has 0 aliphatic rings. The van der Waals surface area contributed by atoms with Crippen LogP contribution >= 0.6 is 0 Å². The lowest BCUT2D eigenvalue weighted by molar-refractivity contribution is 0.413. The van der Waals surface area contributed by atoms with Crippen molar-refractivity contribution in [1.82, 2.24) is 9.55 Å². The normalized spacial score (nSPS) is 12.8. The van der Waals surface area contributed by atoms with Crippen molar-refractivity contribution in [2.75, 3.05) is 0 Å². The van der Waals surface area contributed by atoms with Crippen LogP contribution in [0.4, 0.5) is 0 Å². The molecule has 0 aliphatic carbocycles. The van der Waals surface area contributed by atoms with Gasteiger partial charge in [0.05, 0.1) is 11.0 Å². The van der Waals surface area contributed by atoms with Crippen LogP contribution in [0.25, 0.3) is 22.4 Å². The summed E-state index contributed by atoms with van der Waals surface area (Å²) >= 11 is 0. The molecule has 1 aromatic heterocycles. The Morgan fingerprint density at radius 1 is 0.826 bits per heavy atom. The number of hydrogen-bond acceptors (Lipinski definition) is 1. The zero-order chi connectivity index (χ0) is 16.8. The SMILES string of the molecule is CC(C)(C)c1cccc(-c2nc3ccccc3n2C(C)(C)C)c1. The minimum Gasteiger partial charge on any atom is -0.319 e. The van der Waals surface area contributed by atoms with E-state index >= 15 is 0 Å². The van der Waals surface area contributed by atoms with Crippen molar-refractivity contribution in [2.24, 2.45) is 0 Å². The van der Waals surface area contributed by atoms with E-state index in [1.165, 1.54) is 16.6 Å². The molecular formula is C21H26N2. The van der Waals surface area contributed by atoms with Crippen LogP contribution in [0.15, 0.2) is 48.5 Å². The molecule has 1 heterocycles. The van der Waals surface area contributed by atoms with Gasteiger partial charge in [-0.3, -0.25) is 0 Å². The highest BCUT2D eigenvalue weighted by Crippen LogP contribution is 2.33. The van der Waals surface area contributed by atoms with Crippen molar-refractivity contribution < 1.29 is 0 Å². The van der Waals surface area contributed by atoms with E-state index < -0.39 is 0 Å². The number of benzene rings is 2. The first-order valence-electron chi connectivity index (χ1n) is 8.27. The number of imidazole rings is 1. The van der Waals surface area contributed by atoms with Gasteiger partial charge in [-0.15, -0.1) is 0 Å². The van der Waals surface area contributed by atoms with E-state index in [9.17, 15) is 0 Å². The van der Waals surface area contributed by atoms with Crippen LogP contribution in [0.5, 0.6) is 0 Å². The maximum atomic E-state index is 4.94. The fourth-order valence-electron chi connectivity index (χ4n) is 3.02. The molecular weight excluding hydrogens is 280 g/mol. The predicted octanol–water partition coefficient (Wildman–Crippen LogP) is 5.76. The summed E-state index contributed by atoms with van der Waals surface area (Å²) in [5.41, 5.74) is 4.87. The topological polar surface area (TPSA) is 17.8 Å². The standard InChI is InChI=1S/C21H26N2/c1-20(2,3)16-11-9-10-15(14-16)19-22-17-12-7-8-13-18(17)23(19)21(4,5)6/h7-14H,1-6H3. The van der Waals surface area contributed by atoms with Crippen molar-refractivity contribution >= 4 is 11.0 Å². The van der Waals surface area contributed by atoms with Gasteiger partial charge in [-0.05, 0) is 49.9 Å². The second-order valence-corrected chi connectivity index (χ2v) is 8.26. The van der Waals surface area contributed by atoms with Crippen molar-refractivity contribution in [3.05, 3.63) is 54.1 Å². The summed E-state index contributed by atoms with van der Waals surface area (Å²) in [5, 5.41) is 0. The van der Waals surface area contributed by atoms with Crippen LogP contribution in [0.2, 0.25) is 0 Å². The third kappa shape index (κ3) is 2.90. The van der Waals surface area contributed by atoms with Crippen LogP contribution in [-0.2, 0) is 11.0 Å². The minimum absolute atomic E-state index is 0.0246. The molecule has 0 radical (unpaired) electrons. The molecule has 0 amide bonds. The number of rotatable bonds is 1. The lowest BCUT2D eigenvalue weighted by atomic mass is 9.86. The first-order chi connectivity index (χ1) is 10.7. The molecule has 23 heavy (non-hydrogen) atoms. The fourth-order valence-corrected chi connectivity index (χ4v) is 3.02. The first-order valence-corrected chi connectivity index (χ1v) is 8.27. The Hall–Kier alpha value is -2.09. The third-order valence-corrected chi connectivity index (χ3v) is 4.22. The number of fused-ring (bicyclic) bond motifs is 1. The van der Waals surface area contributed by atoms with Gasteiger partial charge in [0.25, 0.3) is 0 Å². The van der Waals surface area contributed by atoms with E-state index in [4.69, 9.17) is 4.98 Å². The summed E-state index contributed by atoms with van der Waals surface area (Å²) in [4.78, 5) is 4.94. The Balaban J connectivity index is 2.29. The van der Waals surface area contributed by atoms with E-state index in [1.54, 1.807) is 0 Å². The minimum atomic E-state index is -0.0246. The maximum Gasteiger partial charge on any atom is 0.141 e. The van der Waals surface area contributed by atoms with Crippen LogP contribution in [0, 0.1) is 0 Å². The highest BCUT2D eigenvalue weighted by atomic mass is 15.1. The van der Waals surface area contributed by atoms with Gasteiger partial charge < -0.3 is 4.57 Å². The molecule has 0 saturated heterocycles. The molecule has 3 aromatic rings. The Morgan fingerprint density at radius 2 is 1.52 bits per heavy atom. The summed E-state index contributed by atoms with van der Waals surface area (Å²) in [7, 11) is 0. The number of para-hydroxylation sites is 2. The average Bonchev–Trinajstić information content (AvgIpc) is 2.86. The summed E-state index contributed by atoms with van der Waals surface area (Å²) in [6.45, 7) is 13.4. The molecule has 0 atom stereocenters. The van der Waals surface area contributed by atoms with E-state index in [0.717, 1.165) is 11.3 Å². The molecule has 120 valence electrons. The molecule has 0 aliphatic heterocycles. The monoisotopic (exact) mass is 306 g/mol. The molecule has 0 spiro atoms. The predicted molar refractivity (Wildman–Crippen MR) is 98.9 cm³/mol. The lowest BCUT2D eigenvalue weighted by Gasteiger charge is -2.25. The fraction of sp³-hybridized carbons (Fsp3) is 0.381. The van der Waals surface area contributed by atoms with Gasteiger partial charge in [-0.25, -0.2) is 4.98 Å². The third-order valence-electron chi connectivity index (χ3n) is 4.22. The molecule has 0 N–H and O–H groups in total. The van der Waals surface area contributed by atoms with E-state index in [0.29, 0.717) is 0 Å². The average molecular weight is 306 g/mol. The van der Waals surface area contributed by atoms with Gasteiger partial charge in [-0.2, -0.15) is 0 Å². The van der Waals surface area contributed by atoms with Crippen molar-refractivity contribution in [2.45, 2.75) is 52.5 Å². The van der Waals surface area contributed by atoms with Crippen molar-refractivity contribution in [3.8, 4) is 11.4 Å². The molecule has 2 heteroatoms. The molecule has 2 aromatic carbocycles. The van der Waals surface area contributed by atoms with Gasteiger partial charge >= 0.3 is 0 Å². The maximum absolute atomic E-state index is 4.94. The highest BCUT2D eigenvalue weighted by Gasteiger charge is 2.23. The van der Waals surface area contributed by atoms with E-state index in [-0.39, 0.29) is 11.0 Å². The van der Waals surface area contributed by atoms with Crippen molar-refractivity contribution in [1.29, 1.82) is 0 Å². The van der Waals surface area contributed by atoms with E-state index in [2.05, 4.69) is 94.6 Å². The first kappa shape index (κ1) is 15.8. The molecule has 3 rings (SSSR count). The zero-order valence-electron chi connectivity index (χ0n) is 15.0. The Bertz CT molecular complexity index is 842. The Labute approximate surface area is 139 Å².